The van der Waals surface area contributed by atoms with Crippen LogP contribution in [0.25, 0.3) is 0 Å². The molecule has 1 aliphatic heterocycles. The largest absolute Gasteiger partial charge is 0.391 e. The van der Waals surface area contributed by atoms with Crippen LogP contribution in [0.2, 0.25) is 0 Å². The lowest BCUT2D eigenvalue weighted by Gasteiger charge is -2.27. The standard InChI is InChI=1S/C12H14FNO/c13-11-5-4-6-12(10(11)9-15)14-7-2-1-3-8-14/h1-2,4-6,15H,3,7-9H2. The Morgan fingerprint density at radius 3 is 2.87 bits per heavy atom. The van der Waals surface area contributed by atoms with E-state index in [2.05, 4.69) is 17.1 Å². The normalized spacial score (nSPS) is 15.7. The van der Waals surface area contributed by atoms with Gasteiger partial charge in [-0.2, -0.15) is 0 Å². The molecule has 80 valence electrons. The van der Waals surface area contributed by atoms with Crippen LogP contribution >= 0.6 is 0 Å². The maximum absolute atomic E-state index is 13.4. The number of rotatable bonds is 2. The molecule has 0 aliphatic carbocycles. The fourth-order valence-electron chi connectivity index (χ4n) is 1.86. The van der Waals surface area contributed by atoms with Crippen molar-refractivity contribution in [1.29, 1.82) is 0 Å². The van der Waals surface area contributed by atoms with Crippen LogP contribution < -0.4 is 4.90 Å². The quantitative estimate of drug-likeness (QED) is 0.750. The van der Waals surface area contributed by atoms with Crippen molar-refractivity contribution < 1.29 is 9.50 Å². The van der Waals surface area contributed by atoms with Crippen LogP contribution in [0.1, 0.15) is 12.0 Å². The van der Waals surface area contributed by atoms with Gasteiger partial charge >= 0.3 is 0 Å². The highest BCUT2D eigenvalue weighted by Crippen LogP contribution is 2.24. The van der Waals surface area contributed by atoms with Gasteiger partial charge in [0.2, 0.25) is 0 Å². The Labute approximate surface area is 88.6 Å². The molecule has 0 saturated heterocycles. The highest BCUT2D eigenvalue weighted by molar-refractivity contribution is 5.55. The summed E-state index contributed by atoms with van der Waals surface area (Å²) in [5.41, 5.74) is 1.20. The summed E-state index contributed by atoms with van der Waals surface area (Å²) in [6.07, 6.45) is 5.16. The zero-order chi connectivity index (χ0) is 10.7. The van der Waals surface area contributed by atoms with Crippen LogP contribution in [-0.4, -0.2) is 18.2 Å². The van der Waals surface area contributed by atoms with Gasteiger partial charge in [-0.3, -0.25) is 0 Å². The highest BCUT2D eigenvalue weighted by atomic mass is 19.1. The zero-order valence-electron chi connectivity index (χ0n) is 8.49. The molecule has 3 heteroatoms. The van der Waals surface area contributed by atoms with Gasteiger partial charge in [-0.15, -0.1) is 0 Å². The lowest BCUT2D eigenvalue weighted by molar-refractivity contribution is 0.276. The predicted molar refractivity (Wildman–Crippen MR) is 58.3 cm³/mol. The van der Waals surface area contributed by atoms with Crippen molar-refractivity contribution in [2.45, 2.75) is 13.0 Å². The molecular weight excluding hydrogens is 193 g/mol. The smallest absolute Gasteiger partial charge is 0.130 e. The summed E-state index contributed by atoms with van der Waals surface area (Å²) in [4.78, 5) is 2.08. The van der Waals surface area contributed by atoms with Crippen LogP contribution in [-0.2, 0) is 6.61 Å². The van der Waals surface area contributed by atoms with E-state index in [0.717, 1.165) is 25.2 Å². The van der Waals surface area contributed by atoms with E-state index in [1.165, 1.54) is 6.07 Å². The summed E-state index contributed by atoms with van der Waals surface area (Å²) in [5.74, 6) is -0.329. The lowest BCUT2D eigenvalue weighted by Crippen LogP contribution is -2.28. The van der Waals surface area contributed by atoms with E-state index in [-0.39, 0.29) is 12.4 Å². The van der Waals surface area contributed by atoms with Crippen molar-refractivity contribution in [2.75, 3.05) is 18.0 Å². The summed E-state index contributed by atoms with van der Waals surface area (Å²) in [7, 11) is 0. The van der Waals surface area contributed by atoms with E-state index in [4.69, 9.17) is 5.11 Å². The second kappa shape index (κ2) is 4.45. The molecular formula is C12H14FNO. The minimum Gasteiger partial charge on any atom is -0.391 e. The van der Waals surface area contributed by atoms with Gasteiger partial charge in [-0.25, -0.2) is 4.39 Å². The molecule has 0 atom stereocenters. The van der Waals surface area contributed by atoms with E-state index in [1.807, 2.05) is 6.07 Å². The van der Waals surface area contributed by atoms with Gasteiger partial charge < -0.3 is 10.0 Å². The maximum Gasteiger partial charge on any atom is 0.130 e. The van der Waals surface area contributed by atoms with Gasteiger partial charge in [0.25, 0.3) is 0 Å². The zero-order valence-corrected chi connectivity index (χ0v) is 8.49. The number of nitrogens with zero attached hydrogens (tertiary/aromatic N) is 1. The second-order valence-corrected chi connectivity index (χ2v) is 3.60. The first-order valence-corrected chi connectivity index (χ1v) is 5.11. The topological polar surface area (TPSA) is 23.5 Å². The molecule has 0 fully saturated rings. The third kappa shape index (κ3) is 2.02. The van der Waals surface area contributed by atoms with Crippen molar-refractivity contribution in [3.8, 4) is 0 Å². The van der Waals surface area contributed by atoms with Crippen molar-refractivity contribution in [2.24, 2.45) is 0 Å². The van der Waals surface area contributed by atoms with Crippen LogP contribution in [0, 0.1) is 5.82 Å². The Kier molecular flexibility index (Phi) is 3.02. The Bertz CT molecular complexity index is 376. The molecule has 1 aromatic carbocycles. The van der Waals surface area contributed by atoms with Gasteiger partial charge in [-0.05, 0) is 18.6 Å². The molecule has 1 aliphatic rings. The number of aliphatic hydroxyl groups is 1. The van der Waals surface area contributed by atoms with Gasteiger partial charge in [0.1, 0.15) is 5.82 Å². The molecule has 1 heterocycles. The first-order chi connectivity index (χ1) is 7.33. The Hall–Kier alpha value is -1.35. The molecule has 15 heavy (non-hydrogen) atoms. The van der Waals surface area contributed by atoms with Crippen molar-refractivity contribution in [1.82, 2.24) is 0 Å². The van der Waals surface area contributed by atoms with E-state index in [1.54, 1.807) is 6.07 Å². The molecule has 0 radical (unpaired) electrons. The molecule has 2 nitrogen and oxygen atoms in total. The van der Waals surface area contributed by atoms with E-state index in [9.17, 15) is 4.39 Å². The average molecular weight is 207 g/mol. The fraction of sp³-hybridized carbons (Fsp3) is 0.333. The SMILES string of the molecule is OCc1c(F)cccc1N1CC=CCC1. The highest BCUT2D eigenvalue weighted by Gasteiger charge is 2.13. The number of benzene rings is 1. The van der Waals surface area contributed by atoms with Crippen molar-refractivity contribution in [3.05, 3.63) is 41.7 Å². The van der Waals surface area contributed by atoms with E-state index < -0.39 is 0 Å². The summed E-state index contributed by atoms with van der Waals surface area (Å²) >= 11 is 0. The third-order valence-electron chi connectivity index (χ3n) is 2.65. The van der Waals surface area contributed by atoms with Crippen LogP contribution in [0.5, 0.6) is 0 Å². The number of anilines is 1. The van der Waals surface area contributed by atoms with Gasteiger partial charge in [0.15, 0.2) is 0 Å². The molecule has 0 unspecified atom stereocenters. The molecule has 0 amide bonds. The third-order valence-corrected chi connectivity index (χ3v) is 2.65. The minimum absolute atomic E-state index is 0.248. The summed E-state index contributed by atoms with van der Waals surface area (Å²) in [6, 6.07) is 4.92. The first kappa shape index (κ1) is 10.2. The molecule has 0 spiro atoms. The van der Waals surface area contributed by atoms with Gasteiger partial charge in [-0.1, -0.05) is 18.2 Å². The number of hydrogen-bond donors (Lipinski definition) is 1. The average Bonchev–Trinajstić information content (AvgIpc) is 2.30. The fourth-order valence-corrected chi connectivity index (χ4v) is 1.86. The van der Waals surface area contributed by atoms with Gasteiger partial charge in [0.05, 0.1) is 6.61 Å². The molecule has 1 aromatic rings. The predicted octanol–water partition coefficient (Wildman–Crippen LogP) is 2.08. The summed E-state index contributed by atoms with van der Waals surface area (Å²) in [5, 5.41) is 9.15. The van der Waals surface area contributed by atoms with Crippen LogP contribution in [0.4, 0.5) is 10.1 Å². The maximum atomic E-state index is 13.4. The Morgan fingerprint density at radius 2 is 2.20 bits per heavy atom. The van der Waals surface area contributed by atoms with Crippen LogP contribution in [0.3, 0.4) is 0 Å². The molecule has 1 N–H and O–H groups in total. The van der Waals surface area contributed by atoms with Gasteiger partial charge in [0, 0.05) is 24.3 Å². The van der Waals surface area contributed by atoms with Crippen LogP contribution in [0.15, 0.2) is 30.4 Å². The van der Waals surface area contributed by atoms with Crippen molar-refractivity contribution >= 4 is 5.69 Å². The number of aliphatic hydroxyl groups excluding tert-OH is 1. The summed E-state index contributed by atoms with van der Waals surface area (Å²) in [6.45, 7) is 1.42. The molecule has 0 saturated carbocycles. The Morgan fingerprint density at radius 1 is 1.33 bits per heavy atom. The van der Waals surface area contributed by atoms with Crippen molar-refractivity contribution in [3.63, 3.8) is 0 Å². The molecule has 2 rings (SSSR count). The van der Waals surface area contributed by atoms with E-state index >= 15 is 0 Å². The summed E-state index contributed by atoms with van der Waals surface area (Å²) < 4.78 is 13.4. The van der Waals surface area contributed by atoms with E-state index in [0.29, 0.717) is 5.56 Å². The number of halogens is 1. The lowest BCUT2D eigenvalue weighted by atomic mass is 10.1. The molecule has 0 bridgehead atoms. The first-order valence-electron chi connectivity index (χ1n) is 5.11. The second-order valence-electron chi connectivity index (χ2n) is 3.60. The monoisotopic (exact) mass is 207 g/mol. The number of hydrogen-bond acceptors (Lipinski definition) is 2. The minimum atomic E-state index is -0.329. The molecule has 0 aromatic heterocycles. The Balaban J connectivity index is 2.34.